The lowest BCUT2D eigenvalue weighted by Crippen LogP contribution is -2.39. The Morgan fingerprint density at radius 2 is 2.12 bits per heavy atom. The van der Waals surface area contributed by atoms with Crippen LogP contribution in [0.15, 0.2) is 53.2 Å². The highest BCUT2D eigenvalue weighted by Gasteiger charge is 2.31. The Hall–Kier alpha value is -2.54. The summed E-state index contributed by atoms with van der Waals surface area (Å²) in [5.41, 5.74) is 4.00. The molecule has 0 aliphatic carbocycles. The number of benzene rings is 2. The number of rotatable bonds is 5. The van der Waals surface area contributed by atoms with Crippen molar-refractivity contribution < 1.29 is 19.0 Å². The van der Waals surface area contributed by atoms with E-state index in [9.17, 15) is 4.79 Å². The topological polar surface area (TPSA) is 48.0 Å². The summed E-state index contributed by atoms with van der Waals surface area (Å²) in [4.78, 5) is 14.9. The van der Waals surface area contributed by atoms with Gasteiger partial charge in [0.1, 0.15) is 19.3 Å². The minimum atomic E-state index is -0.345. The van der Waals surface area contributed by atoms with Gasteiger partial charge in [-0.1, -0.05) is 23.7 Å². The number of thiophene rings is 1. The number of hydrogen-bond acceptors (Lipinski definition) is 5. The molecule has 2 aliphatic rings. The molecule has 0 spiro atoms. The van der Waals surface area contributed by atoms with Crippen molar-refractivity contribution in [1.29, 1.82) is 0 Å². The third kappa shape index (κ3) is 4.63. The quantitative estimate of drug-likeness (QED) is 0.491. The molecule has 5 nitrogen and oxygen atoms in total. The van der Waals surface area contributed by atoms with E-state index in [0.29, 0.717) is 49.4 Å². The highest BCUT2D eigenvalue weighted by molar-refractivity contribution is 7.07. The molecule has 2 aromatic carbocycles. The molecule has 1 aromatic heterocycles. The van der Waals surface area contributed by atoms with Crippen molar-refractivity contribution in [2.75, 3.05) is 19.8 Å². The summed E-state index contributed by atoms with van der Waals surface area (Å²) in [7, 11) is 0. The van der Waals surface area contributed by atoms with Gasteiger partial charge in [0.15, 0.2) is 11.5 Å². The second kappa shape index (κ2) is 9.53. The fourth-order valence-electron chi connectivity index (χ4n) is 4.13. The van der Waals surface area contributed by atoms with Gasteiger partial charge in [0.2, 0.25) is 0 Å². The van der Waals surface area contributed by atoms with Gasteiger partial charge in [0.05, 0.1) is 6.54 Å². The predicted octanol–water partition coefficient (Wildman–Crippen LogP) is 5.55. The number of nitrogens with zero attached hydrogens (tertiary/aromatic N) is 1. The molecule has 0 N–H and O–H groups in total. The number of carbonyl (C=O) groups is 1. The molecule has 7 heteroatoms. The first-order valence-corrected chi connectivity index (χ1v) is 12.1. The highest BCUT2D eigenvalue weighted by atomic mass is 35.5. The largest absolute Gasteiger partial charge is 0.487 e. The molecular formula is C25H24ClNO4S. The summed E-state index contributed by atoms with van der Waals surface area (Å²) in [6.45, 7) is 2.49. The smallest absolute Gasteiger partial charge is 0.252 e. The molecule has 2 aliphatic heterocycles. The van der Waals surface area contributed by atoms with Crippen LogP contribution < -0.4 is 9.47 Å². The zero-order chi connectivity index (χ0) is 21.9. The predicted molar refractivity (Wildman–Crippen MR) is 125 cm³/mol. The first kappa shape index (κ1) is 21.3. The molecule has 5 rings (SSSR count). The van der Waals surface area contributed by atoms with Crippen LogP contribution in [0.4, 0.5) is 0 Å². The lowest BCUT2D eigenvalue weighted by Gasteiger charge is -2.23. The van der Waals surface area contributed by atoms with Crippen molar-refractivity contribution >= 4 is 28.8 Å². The molecule has 3 heterocycles. The maximum Gasteiger partial charge on any atom is 0.252 e. The zero-order valence-corrected chi connectivity index (χ0v) is 19.2. The Morgan fingerprint density at radius 1 is 1.19 bits per heavy atom. The van der Waals surface area contributed by atoms with E-state index in [1.807, 2.05) is 46.7 Å². The van der Waals surface area contributed by atoms with Crippen LogP contribution in [0.1, 0.15) is 24.0 Å². The van der Waals surface area contributed by atoms with Crippen LogP contribution >= 0.6 is 22.9 Å². The fourth-order valence-corrected chi connectivity index (χ4v) is 4.97. The lowest BCUT2D eigenvalue weighted by molar-refractivity contribution is -0.141. The third-order valence-electron chi connectivity index (χ3n) is 5.75. The van der Waals surface area contributed by atoms with Crippen LogP contribution in [0, 0.1) is 0 Å². The third-order valence-corrected chi connectivity index (χ3v) is 6.72. The van der Waals surface area contributed by atoms with Gasteiger partial charge in [-0.2, -0.15) is 11.3 Å². The number of halogens is 1. The molecule has 0 unspecified atom stereocenters. The van der Waals surface area contributed by atoms with Crippen LogP contribution in [-0.2, 0) is 22.7 Å². The molecule has 166 valence electrons. The van der Waals surface area contributed by atoms with Crippen LogP contribution in [0.3, 0.4) is 0 Å². The van der Waals surface area contributed by atoms with Crippen molar-refractivity contribution in [3.05, 3.63) is 69.4 Å². The van der Waals surface area contributed by atoms with E-state index in [4.69, 9.17) is 25.8 Å². The van der Waals surface area contributed by atoms with E-state index in [1.54, 1.807) is 11.3 Å². The summed E-state index contributed by atoms with van der Waals surface area (Å²) < 4.78 is 18.0. The molecule has 3 aromatic rings. The van der Waals surface area contributed by atoms with Gasteiger partial charge in [0.25, 0.3) is 5.91 Å². The summed E-state index contributed by atoms with van der Waals surface area (Å²) in [5, 5.41) is 4.78. The van der Waals surface area contributed by atoms with E-state index in [2.05, 4.69) is 11.4 Å². The van der Waals surface area contributed by atoms with Gasteiger partial charge in [-0.05, 0) is 70.6 Å². The summed E-state index contributed by atoms with van der Waals surface area (Å²) >= 11 is 7.89. The number of ether oxygens (including phenoxy) is 3. The first-order chi connectivity index (χ1) is 15.7. The van der Waals surface area contributed by atoms with E-state index < -0.39 is 0 Å². The number of amides is 1. The molecule has 1 saturated heterocycles. The van der Waals surface area contributed by atoms with Crippen molar-refractivity contribution in [2.45, 2.75) is 32.1 Å². The summed E-state index contributed by atoms with van der Waals surface area (Å²) in [5.74, 6) is 1.41. The minimum Gasteiger partial charge on any atom is -0.487 e. The molecule has 0 bridgehead atoms. The van der Waals surface area contributed by atoms with E-state index in [0.717, 1.165) is 35.1 Å². The molecule has 32 heavy (non-hydrogen) atoms. The van der Waals surface area contributed by atoms with Gasteiger partial charge < -0.3 is 19.1 Å². The van der Waals surface area contributed by atoms with Crippen LogP contribution in [0.2, 0.25) is 5.02 Å². The van der Waals surface area contributed by atoms with Crippen molar-refractivity contribution in [2.24, 2.45) is 0 Å². The fraction of sp³-hybridized carbons (Fsp3) is 0.320. The minimum absolute atomic E-state index is 0.0350. The average molecular weight is 470 g/mol. The normalized spacial score (nSPS) is 18.0. The summed E-state index contributed by atoms with van der Waals surface area (Å²) in [6.07, 6.45) is 1.36. The van der Waals surface area contributed by atoms with E-state index in [-0.39, 0.29) is 12.0 Å². The Bertz CT molecular complexity index is 1100. The Kier molecular flexibility index (Phi) is 6.35. The summed E-state index contributed by atoms with van der Waals surface area (Å²) in [6, 6.07) is 13.8. The number of fused-ring (bicyclic) bond motifs is 1. The van der Waals surface area contributed by atoms with Gasteiger partial charge in [0, 0.05) is 23.7 Å². The van der Waals surface area contributed by atoms with E-state index in [1.165, 1.54) is 0 Å². The Morgan fingerprint density at radius 3 is 2.91 bits per heavy atom. The van der Waals surface area contributed by atoms with Crippen LogP contribution in [0.25, 0.3) is 11.1 Å². The second-order valence-corrected chi connectivity index (χ2v) is 9.22. The van der Waals surface area contributed by atoms with Crippen molar-refractivity contribution in [3.63, 3.8) is 0 Å². The monoisotopic (exact) mass is 469 g/mol. The van der Waals surface area contributed by atoms with Crippen LogP contribution in [0.5, 0.6) is 11.5 Å². The number of hydrogen-bond donors (Lipinski definition) is 0. The number of carbonyl (C=O) groups excluding carboxylic acids is 1. The maximum atomic E-state index is 13.0. The van der Waals surface area contributed by atoms with Crippen molar-refractivity contribution in [1.82, 2.24) is 4.90 Å². The SMILES string of the molecule is O=C([C@H]1CCCO1)N1CCOc2c(cc(-c3cccc(Cl)c3)cc2OCc2ccsc2)C1. The Balaban J connectivity index is 1.50. The molecule has 1 fully saturated rings. The Labute approximate surface area is 196 Å². The second-order valence-electron chi connectivity index (χ2n) is 8.00. The average Bonchev–Trinajstić information content (AvgIpc) is 3.48. The molecular weight excluding hydrogens is 446 g/mol. The van der Waals surface area contributed by atoms with Gasteiger partial charge in [-0.15, -0.1) is 0 Å². The van der Waals surface area contributed by atoms with Gasteiger partial charge >= 0.3 is 0 Å². The maximum absolute atomic E-state index is 13.0. The standard InChI is InChI=1S/C25H24ClNO4S/c26-21-4-1-3-18(12-21)19-11-20-14-27(25(28)22-5-2-8-29-22)7-9-30-24(20)23(13-19)31-15-17-6-10-32-16-17/h1,3-4,6,10-13,16,22H,2,5,7-9,14-15H2/t22-/m1/s1. The van der Waals surface area contributed by atoms with Gasteiger partial charge in [-0.25, -0.2) is 0 Å². The van der Waals surface area contributed by atoms with Crippen molar-refractivity contribution in [3.8, 4) is 22.6 Å². The zero-order valence-electron chi connectivity index (χ0n) is 17.6. The van der Waals surface area contributed by atoms with Crippen LogP contribution in [-0.4, -0.2) is 36.7 Å². The van der Waals surface area contributed by atoms with Gasteiger partial charge in [-0.3, -0.25) is 4.79 Å². The highest BCUT2D eigenvalue weighted by Crippen LogP contribution is 2.39. The molecule has 1 amide bonds. The first-order valence-electron chi connectivity index (χ1n) is 10.8. The molecule has 0 radical (unpaired) electrons. The molecule has 0 saturated carbocycles. The molecule has 1 atom stereocenters. The lowest BCUT2D eigenvalue weighted by atomic mass is 10.0. The van der Waals surface area contributed by atoms with E-state index >= 15 is 0 Å².